The van der Waals surface area contributed by atoms with Crippen LogP contribution in [0.15, 0.2) is 18.2 Å². The van der Waals surface area contributed by atoms with Gasteiger partial charge in [-0.05, 0) is 66.8 Å². The van der Waals surface area contributed by atoms with Gasteiger partial charge in [-0.1, -0.05) is 19.9 Å². The minimum atomic E-state index is 0.198. The molecule has 2 saturated heterocycles. The summed E-state index contributed by atoms with van der Waals surface area (Å²) in [4.78, 5) is 2.68. The molecule has 3 nitrogen and oxygen atoms in total. The summed E-state index contributed by atoms with van der Waals surface area (Å²) in [5, 5.41) is 9.90. The molecule has 2 bridgehead atoms. The zero-order chi connectivity index (χ0) is 15.3. The fourth-order valence-electron chi connectivity index (χ4n) is 4.97. The molecule has 2 heterocycles. The lowest BCUT2D eigenvalue weighted by molar-refractivity contribution is -0.00671. The second kappa shape index (κ2) is 5.24. The van der Waals surface area contributed by atoms with Gasteiger partial charge < -0.3 is 9.84 Å². The van der Waals surface area contributed by atoms with E-state index in [4.69, 9.17) is 4.74 Å². The molecule has 2 fully saturated rings. The number of rotatable bonds is 2. The third kappa shape index (κ3) is 2.17. The molecule has 3 aliphatic rings. The molecule has 3 heteroatoms. The summed E-state index contributed by atoms with van der Waals surface area (Å²) in [5.74, 6) is 1.03. The maximum absolute atomic E-state index is 9.90. The standard InChI is InChI=1S/C19H27NO2/c1-13-18-10-14-5-6-15(21)11-17(14)19(13,2)7-8-20(18)12-16-4-3-9-22-16/h5-6,11,13,16,18,21H,3-4,7-10,12H2,1-2H3/t13-,16+,18+,19+/m0/s1. The summed E-state index contributed by atoms with van der Waals surface area (Å²) >= 11 is 0. The van der Waals surface area contributed by atoms with Gasteiger partial charge in [0.05, 0.1) is 6.10 Å². The molecule has 22 heavy (non-hydrogen) atoms. The molecule has 4 rings (SSSR count). The van der Waals surface area contributed by atoms with Gasteiger partial charge in [0.2, 0.25) is 0 Å². The van der Waals surface area contributed by atoms with Crippen LogP contribution in [0.2, 0.25) is 0 Å². The lowest BCUT2D eigenvalue weighted by Crippen LogP contribution is -2.59. The van der Waals surface area contributed by atoms with Crippen molar-refractivity contribution in [1.29, 1.82) is 0 Å². The Morgan fingerprint density at radius 1 is 1.41 bits per heavy atom. The van der Waals surface area contributed by atoms with E-state index in [1.54, 1.807) is 0 Å². The molecule has 1 aromatic rings. The fraction of sp³-hybridized carbons (Fsp3) is 0.684. The van der Waals surface area contributed by atoms with Crippen LogP contribution >= 0.6 is 0 Å². The largest absolute Gasteiger partial charge is 0.508 e. The maximum Gasteiger partial charge on any atom is 0.115 e. The van der Waals surface area contributed by atoms with E-state index in [0.717, 1.165) is 26.1 Å². The Bertz CT molecular complexity index is 567. The van der Waals surface area contributed by atoms with Crippen LogP contribution in [0.1, 0.15) is 44.2 Å². The predicted molar refractivity (Wildman–Crippen MR) is 87.3 cm³/mol. The molecule has 0 saturated carbocycles. The lowest BCUT2D eigenvalue weighted by atomic mass is 9.59. The zero-order valence-corrected chi connectivity index (χ0v) is 13.7. The predicted octanol–water partition coefficient (Wildman–Crippen LogP) is 3.10. The van der Waals surface area contributed by atoms with E-state index >= 15 is 0 Å². The highest BCUT2D eigenvalue weighted by Crippen LogP contribution is 2.49. The monoisotopic (exact) mass is 301 g/mol. The van der Waals surface area contributed by atoms with E-state index in [2.05, 4.69) is 24.8 Å². The van der Waals surface area contributed by atoms with Crippen molar-refractivity contribution in [2.45, 2.75) is 57.1 Å². The van der Waals surface area contributed by atoms with Crippen LogP contribution in [-0.2, 0) is 16.6 Å². The van der Waals surface area contributed by atoms with Crippen molar-refractivity contribution in [2.75, 3.05) is 19.7 Å². The summed E-state index contributed by atoms with van der Waals surface area (Å²) < 4.78 is 5.86. The highest BCUT2D eigenvalue weighted by atomic mass is 16.5. The van der Waals surface area contributed by atoms with Gasteiger partial charge in [-0.25, -0.2) is 0 Å². The summed E-state index contributed by atoms with van der Waals surface area (Å²) in [5.41, 5.74) is 3.01. The number of piperidine rings is 1. The van der Waals surface area contributed by atoms with E-state index in [0.29, 0.717) is 23.8 Å². The Balaban J connectivity index is 1.63. The zero-order valence-electron chi connectivity index (χ0n) is 13.7. The molecule has 1 aliphatic carbocycles. The van der Waals surface area contributed by atoms with Crippen LogP contribution in [-0.4, -0.2) is 41.8 Å². The number of nitrogens with zero attached hydrogens (tertiary/aromatic N) is 1. The van der Waals surface area contributed by atoms with Crippen molar-refractivity contribution in [3.63, 3.8) is 0 Å². The van der Waals surface area contributed by atoms with Crippen molar-refractivity contribution < 1.29 is 9.84 Å². The van der Waals surface area contributed by atoms with Gasteiger partial charge in [0.15, 0.2) is 0 Å². The van der Waals surface area contributed by atoms with Gasteiger partial charge in [0.1, 0.15) is 5.75 Å². The van der Waals surface area contributed by atoms with E-state index in [1.807, 2.05) is 12.1 Å². The molecule has 4 atom stereocenters. The summed E-state index contributed by atoms with van der Waals surface area (Å²) in [6.45, 7) is 7.99. The van der Waals surface area contributed by atoms with Crippen LogP contribution < -0.4 is 0 Å². The molecule has 1 aromatic carbocycles. The van der Waals surface area contributed by atoms with E-state index in [-0.39, 0.29) is 5.41 Å². The second-order valence-corrected chi connectivity index (χ2v) is 7.70. The molecule has 0 radical (unpaired) electrons. The number of benzene rings is 1. The Hall–Kier alpha value is -1.06. The Morgan fingerprint density at radius 3 is 3.05 bits per heavy atom. The third-order valence-corrected chi connectivity index (χ3v) is 6.57. The van der Waals surface area contributed by atoms with Crippen LogP contribution in [0.5, 0.6) is 5.75 Å². The number of fused-ring (bicyclic) bond motifs is 4. The summed E-state index contributed by atoms with van der Waals surface area (Å²) in [7, 11) is 0. The minimum Gasteiger partial charge on any atom is -0.508 e. The molecular formula is C19H27NO2. The van der Waals surface area contributed by atoms with Crippen molar-refractivity contribution >= 4 is 0 Å². The number of likely N-dealkylation sites (tertiary alicyclic amines) is 1. The first-order chi connectivity index (χ1) is 10.6. The molecule has 0 amide bonds. The average Bonchev–Trinajstić information content (AvgIpc) is 3.00. The number of ether oxygens (including phenoxy) is 1. The van der Waals surface area contributed by atoms with E-state index in [1.165, 1.54) is 30.4 Å². The molecule has 0 aromatic heterocycles. The molecule has 0 spiro atoms. The first kappa shape index (κ1) is 14.5. The first-order valence-electron chi connectivity index (χ1n) is 8.76. The molecule has 120 valence electrons. The van der Waals surface area contributed by atoms with Gasteiger partial charge in [0.25, 0.3) is 0 Å². The topological polar surface area (TPSA) is 32.7 Å². The van der Waals surface area contributed by atoms with Crippen molar-refractivity contribution in [1.82, 2.24) is 4.90 Å². The van der Waals surface area contributed by atoms with Gasteiger partial charge in [-0.15, -0.1) is 0 Å². The van der Waals surface area contributed by atoms with Crippen LogP contribution in [0.3, 0.4) is 0 Å². The van der Waals surface area contributed by atoms with Crippen molar-refractivity contribution in [3.05, 3.63) is 29.3 Å². The highest BCUT2D eigenvalue weighted by Gasteiger charge is 2.48. The maximum atomic E-state index is 9.90. The highest BCUT2D eigenvalue weighted by molar-refractivity contribution is 5.44. The molecule has 2 aliphatic heterocycles. The first-order valence-corrected chi connectivity index (χ1v) is 8.76. The van der Waals surface area contributed by atoms with Gasteiger partial charge in [-0.2, -0.15) is 0 Å². The Morgan fingerprint density at radius 2 is 2.27 bits per heavy atom. The van der Waals surface area contributed by atoms with Gasteiger partial charge in [-0.3, -0.25) is 4.90 Å². The SMILES string of the molecule is C[C@H]1[C@H]2Cc3ccc(O)cc3[C@]1(C)CCN2C[C@H]1CCCO1. The van der Waals surface area contributed by atoms with Crippen LogP contribution in [0, 0.1) is 5.92 Å². The number of aromatic hydroxyl groups is 1. The van der Waals surface area contributed by atoms with Crippen LogP contribution in [0.25, 0.3) is 0 Å². The normalized spacial score (nSPS) is 38.0. The second-order valence-electron chi connectivity index (χ2n) is 7.70. The lowest BCUT2D eigenvalue weighted by Gasteiger charge is -2.55. The van der Waals surface area contributed by atoms with Gasteiger partial charge >= 0.3 is 0 Å². The van der Waals surface area contributed by atoms with Crippen molar-refractivity contribution in [2.24, 2.45) is 5.92 Å². The molecule has 0 unspecified atom stereocenters. The number of hydrogen-bond donors (Lipinski definition) is 1. The van der Waals surface area contributed by atoms with Crippen molar-refractivity contribution in [3.8, 4) is 5.75 Å². The average molecular weight is 301 g/mol. The smallest absolute Gasteiger partial charge is 0.115 e. The van der Waals surface area contributed by atoms with Crippen LogP contribution in [0.4, 0.5) is 0 Å². The number of hydrogen-bond acceptors (Lipinski definition) is 3. The van der Waals surface area contributed by atoms with Gasteiger partial charge in [0, 0.05) is 19.2 Å². The summed E-state index contributed by atoms with van der Waals surface area (Å²) in [6.07, 6.45) is 5.17. The Kier molecular flexibility index (Phi) is 3.46. The molecule has 1 N–H and O–H groups in total. The Labute approximate surface area is 133 Å². The minimum absolute atomic E-state index is 0.198. The van der Waals surface area contributed by atoms with E-state index < -0.39 is 0 Å². The fourth-order valence-corrected chi connectivity index (χ4v) is 4.97. The molecular weight excluding hydrogens is 274 g/mol. The number of phenols is 1. The third-order valence-electron chi connectivity index (χ3n) is 6.57. The van der Waals surface area contributed by atoms with E-state index in [9.17, 15) is 5.11 Å². The quantitative estimate of drug-likeness (QED) is 0.911. The number of phenolic OH excluding ortho intramolecular Hbond substituents is 1. The summed E-state index contributed by atoms with van der Waals surface area (Å²) in [6, 6.07) is 6.60.